The summed E-state index contributed by atoms with van der Waals surface area (Å²) in [6, 6.07) is 13.0. The molecule has 0 fully saturated rings. The molecule has 0 saturated carbocycles. The normalized spacial score (nSPS) is 10.7. The third-order valence-electron chi connectivity index (χ3n) is 3.90. The quantitative estimate of drug-likeness (QED) is 0.684. The van der Waals surface area contributed by atoms with Crippen molar-refractivity contribution in [2.24, 2.45) is 7.05 Å². The molecule has 0 bridgehead atoms. The molecule has 0 aliphatic carbocycles. The Labute approximate surface area is 151 Å². The van der Waals surface area contributed by atoms with Crippen molar-refractivity contribution < 1.29 is 9.84 Å². The molecule has 2 aromatic carbocycles. The van der Waals surface area contributed by atoms with Crippen LogP contribution >= 0.6 is 11.6 Å². The van der Waals surface area contributed by atoms with Gasteiger partial charge in [-0.2, -0.15) is 0 Å². The molecular formula is C19H20ClN3O2. The first-order valence-electron chi connectivity index (χ1n) is 8.04. The molecule has 6 heteroatoms. The summed E-state index contributed by atoms with van der Waals surface area (Å²) in [7, 11) is 1.96. The van der Waals surface area contributed by atoms with Crippen molar-refractivity contribution in [2.45, 2.75) is 13.5 Å². The molecule has 5 nitrogen and oxygen atoms in total. The van der Waals surface area contributed by atoms with Crippen LogP contribution in [0, 0.1) is 0 Å². The molecule has 3 rings (SSSR count). The number of ether oxygens (including phenoxy) is 1. The van der Waals surface area contributed by atoms with Gasteiger partial charge in [-0.25, -0.2) is 4.98 Å². The van der Waals surface area contributed by atoms with E-state index in [1.807, 2.05) is 61.1 Å². The van der Waals surface area contributed by atoms with Gasteiger partial charge in [0, 0.05) is 18.6 Å². The van der Waals surface area contributed by atoms with Crippen molar-refractivity contribution in [1.82, 2.24) is 9.55 Å². The highest BCUT2D eigenvalue weighted by atomic mass is 35.5. The first-order chi connectivity index (χ1) is 12.1. The van der Waals surface area contributed by atoms with Crippen molar-refractivity contribution in [3.63, 3.8) is 0 Å². The summed E-state index contributed by atoms with van der Waals surface area (Å²) in [4.78, 5) is 4.44. The molecule has 0 amide bonds. The molecule has 25 heavy (non-hydrogen) atoms. The number of hydrogen-bond donors (Lipinski definition) is 2. The van der Waals surface area contributed by atoms with Crippen LogP contribution in [0.1, 0.15) is 12.5 Å². The van der Waals surface area contributed by atoms with Crippen LogP contribution in [0.15, 0.2) is 48.7 Å². The van der Waals surface area contributed by atoms with Crippen LogP contribution in [0.5, 0.6) is 11.5 Å². The summed E-state index contributed by atoms with van der Waals surface area (Å²) in [5.41, 5.74) is 3.05. The zero-order valence-corrected chi connectivity index (χ0v) is 14.9. The standard InChI is InChI=1S/C19H20ClN3O2/c1-3-25-18-10-13(4-9-17(18)24)11-21-19-22-12-16(23(19)2)14-5-7-15(20)8-6-14/h4-10,12,24H,3,11H2,1-2H3,(H,21,22). The number of phenolic OH excluding ortho intramolecular Hbond substituents is 1. The Morgan fingerprint density at radius 1 is 1.20 bits per heavy atom. The summed E-state index contributed by atoms with van der Waals surface area (Å²) >= 11 is 5.95. The number of nitrogens with zero attached hydrogens (tertiary/aromatic N) is 2. The second kappa shape index (κ2) is 7.49. The molecule has 3 aromatic rings. The molecule has 0 radical (unpaired) electrons. The van der Waals surface area contributed by atoms with E-state index in [0.29, 0.717) is 23.9 Å². The van der Waals surface area contributed by atoms with E-state index in [4.69, 9.17) is 16.3 Å². The number of hydrogen-bond acceptors (Lipinski definition) is 4. The number of benzene rings is 2. The predicted octanol–water partition coefficient (Wildman–Crippen LogP) is 4.46. The molecule has 130 valence electrons. The number of imidazole rings is 1. The monoisotopic (exact) mass is 357 g/mol. The lowest BCUT2D eigenvalue weighted by atomic mass is 10.2. The minimum Gasteiger partial charge on any atom is -0.504 e. The maximum absolute atomic E-state index is 9.77. The van der Waals surface area contributed by atoms with Crippen LogP contribution < -0.4 is 10.1 Å². The number of phenols is 1. The molecule has 0 spiro atoms. The lowest BCUT2D eigenvalue weighted by Crippen LogP contribution is -2.06. The minimum atomic E-state index is 0.146. The van der Waals surface area contributed by atoms with Gasteiger partial charge in [-0.3, -0.25) is 0 Å². The third kappa shape index (κ3) is 3.88. The average Bonchev–Trinajstić information content (AvgIpc) is 2.97. The van der Waals surface area contributed by atoms with Gasteiger partial charge >= 0.3 is 0 Å². The van der Waals surface area contributed by atoms with Crippen LogP contribution in [-0.2, 0) is 13.6 Å². The summed E-state index contributed by atoms with van der Waals surface area (Å²) in [6.07, 6.45) is 1.83. The first-order valence-corrected chi connectivity index (χ1v) is 8.42. The molecule has 0 saturated heterocycles. The van der Waals surface area contributed by atoms with Gasteiger partial charge < -0.3 is 19.7 Å². The maximum atomic E-state index is 9.77. The lowest BCUT2D eigenvalue weighted by molar-refractivity contribution is 0.318. The van der Waals surface area contributed by atoms with Gasteiger partial charge in [0.15, 0.2) is 11.5 Å². The van der Waals surface area contributed by atoms with Gasteiger partial charge in [-0.1, -0.05) is 29.8 Å². The second-order valence-electron chi connectivity index (χ2n) is 5.62. The molecule has 0 unspecified atom stereocenters. The minimum absolute atomic E-state index is 0.146. The second-order valence-corrected chi connectivity index (χ2v) is 6.06. The fraction of sp³-hybridized carbons (Fsp3) is 0.211. The highest BCUT2D eigenvalue weighted by Gasteiger charge is 2.09. The average molecular weight is 358 g/mol. The third-order valence-corrected chi connectivity index (χ3v) is 4.15. The van der Waals surface area contributed by atoms with Gasteiger partial charge in [0.25, 0.3) is 0 Å². The van der Waals surface area contributed by atoms with Crippen LogP contribution in [0.2, 0.25) is 5.02 Å². The van der Waals surface area contributed by atoms with Crippen LogP contribution in [0.4, 0.5) is 5.95 Å². The van der Waals surface area contributed by atoms with Crippen LogP contribution in [-0.4, -0.2) is 21.3 Å². The van der Waals surface area contributed by atoms with Crippen molar-refractivity contribution >= 4 is 17.5 Å². The molecular weight excluding hydrogens is 338 g/mol. The van der Waals surface area contributed by atoms with E-state index in [2.05, 4.69) is 10.3 Å². The van der Waals surface area contributed by atoms with Gasteiger partial charge in [0.1, 0.15) is 0 Å². The SMILES string of the molecule is CCOc1cc(CNc2ncc(-c3ccc(Cl)cc3)n2C)ccc1O. The van der Waals surface area contributed by atoms with Crippen molar-refractivity contribution in [2.75, 3.05) is 11.9 Å². The van der Waals surface area contributed by atoms with E-state index >= 15 is 0 Å². The summed E-state index contributed by atoms with van der Waals surface area (Å²) in [6.45, 7) is 2.97. The van der Waals surface area contributed by atoms with Gasteiger partial charge in [-0.05, 0) is 42.3 Å². The molecule has 2 N–H and O–H groups in total. The largest absolute Gasteiger partial charge is 0.504 e. The number of anilines is 1. The topological polar surface area (TPSA) is 59.3 Å². The molecule has 1 aromatic heterocycles. The zero-order chi connectivity index (χ0) is 17.8. The van der Waals surface area contributed by atoms with Crippen molar-refractivity contribution in [1.29, 1.82) is 0 Å². The van der Waals surface area contributed by atoms with Gasteiger partial charge in [0.05, 0.1) is 18.5 Å². The fourth-order valence-electron chi connectivity index (χ4n) is 2.58. The number of halogens is 1. The Balaban J connectivity index is 1.74. The van der Waals surface area contributed by atoms with Crippen molar-refractivity contribution in [3.05, 3.63) is 59.2 Å². The Hall–Kier alpha value is -2.66. The lowest BCUT2D eigenvalue weighted by Gasteiger charge is -2.11. The van der Waals surface area contributed by atoms with E-state index in [-0.39, 0.29) is 5.75 Å². The summed E-state index contributed by atoms with van der Waals surface area (Å²) in [5.74, 6) is 1.40. The molecule has 0 aliphatic rings. The highest BCUT2D eigenvalue weighted by Crippen LogP contribution is 2.28. The fourth-order valence-corrected chi connectivity index (χ4v) is 2.71. The number of nitrogens with one attached hydrogen (secondary N) is 1. The van der Waals surface area contributed by atoms with Gasteiger partial charge in [0.2, 0.25) is 5.95 Å². The van der Waals surface area contributed by atoms with Crippen LogP contribution in [0.3, 0.4) is 0 Å². The maximum Gasteiger partial charge on any atom is 0.203 e. The Morgan fingerprint density at radius 2 is 1.96 bits per heavy atom. The van der Waals surface area contributed by atoms with Crippen molar-refractivity contribution in [3.8, 4) is 22.8 Å². The Bertz CT molecular complexity index is 860. The summed E-state index contributed by atoms with van der Waals surface area (Å²) in [5, 5.41) is 13.8. The van der Waals surface area contributed by atoms with E-state index < -0.39 is 0 Å². The Kier molecular flexibility index (Phi) is 5.14. The van der Waals surface area contributed by atoms with E-state index in [0.717, 1.165) is 22.8 Å². The predicted molar refractivity (Wildman–Crippen MR) is 100 cm³/mol. The van der Waals surface area contributed by atoms with E-state index in [1.165, 1.54) is 0 Å². The molecule has 1 heterocycles. The molecule has 0 atom stereocenters. The van der Waals surface area contributed by atoms with Crippen LogP contribution in [0.25, 0.3) is 11.3 Å². The van der Waals surface area contributed by atoms with E-state index in [1.54, 1.807) is 6.07 Å². The van der Waals surface area contributed by atoms with E-state index in [9.17, 15) is 5.11 Å². The smallest absolute Gasteiger partial charge is 0.203 e. The van der Waals surface area contributed by atoms with Gasteiger partial charge in [-0.15, -0.1) is 0 Å². The Morgan fingerprint density at radius 3 is 2.68 bits per heavy atom. The summed E-state index contributed by atoms with van der Waals surface area (Å²) < 4.78 is 7.41. The molecule has 0 aliphatic heterocycles. The first kappa shape index (κ1) is 17.2. The number of aromatic hydroxyl groups is 1. The number of aromatic nitrogens is 2. The zero-order valence-electron chi connectivity index (χ0n) is 14.2. The highest BCUT2D eigenvalue weighted by molar-refractivity contribution is 6.30. The number of rotatable bonds is 6.